The second-order valence-electron chi connectivity index (χ2n) is 10.9. The Morgan fingerprint density at radius 1 is 0.512 bits per heavy atom. The average Bonchev–Trinajstić information content (AvgIpc) is 3.40. The highest BCUT2D eigenvalue weighted by Gasteiger charge is 2.12. The summed E-state index contributed by atoms with van der Waals surface area (Å²) in [7, 11) is 0. The highest BCUT2D eigenvalue weighted by Crippen LogP contribution is 2.37. The highest BCUT2D eigenvalue weighted by atomic mass is 15.1. The van der Waals surface area contributed by atoms with Gasteiger partial charge in [-0.3, -0.25) is 4.99 Å². The average molecular weight is 552 g/mol. The van der Waals surface area contributed by atoms with Crippen molar-refractivity contribution in [2.24, 2.45) is 10.7 Å². The van der Waals surface area contributed by atoms with Crippen molar-refractivity contribution in [2.45, 2.75) is 6.67 Å². The minimum atomic E-state index is 0.493. The Morgan fingerprint density at radius 2 is 1.02 bits per heavy atom. The lowest BCUT2D eigenvalue weighted by Gasteiger charge is -2.13. The van der Waals surface area contributed by atoms with Gasteiger partial charge in [0, 0.05) is 16.3 Å². The Hall–Kier alpha value is -5.67. The molecular weight excluding hydrogens is 522 g/mol. The van der Waals surface area contributed by atoms with Gasteiger partial charge in [-0.05, 0) is 80.0 Å². The van der Waals surface area contributed by atoms with E-state index in [-0.39, 0.29) is 0 Å². The summed E-state index contributed by atoms with van der Waals surface area (Å²) < 4.78 is 2.28. The minimum Gasteiger partial charge on any atom is -0.405 e. The molecule has 0 saturated heterocycles. The van der Waals surface area contributed by atoms with E-state index in [9.17, 15) is 0 Å². The van der Waals surface area contributed by atoms with Crippen LogP contribution in [0, 0.1) is 0 Å². The Balaban J connectivity index is 1.23. The summed E-state index contributed by atoms with van der Waals surface area (Å²) in [6.07, 6.45) is 3.47. The lowest BCUT2D eigenvalue weighted by Crippen LogP contribution is -2.03. The van der Waals surface area contributed by atoms with Crippen molar-refractivity contribution in [3.8, 4) is 11.1 Å². The normalized spacial score (nSPS) is 12.4. The zero-order chi connectivity index (χ0) is 28.8. The molecule has 8 rings (SSSR count). The van der Waals surface area contributed by atoms with Crippen LogP contribution in [0.25, 0.3) is 65.3 Å². The number of nitrogens with two attached hydrogens (primary N) is 1. The van der Waals surface area contributed by atoms with Gasteiger partial charge in [0.15, 0.2) is 0 Å². The first kappa shape index (κ1) is 25.1. The van der Waals surface area contributed by atoms with E-state index in [1.165, 1.54) is 59.7 Å². The van der Waals surface area contributed by atoms with Crippen LogP contribution in [-0.2, 0) is 6.67 Å². The van der Waals surface area contributed by atoms with Crippen molar-refractivity contribution in [1.82, 2.24) is 4.57 Å². The van der Waals surface area contributed by atoms with Gasteiger partial charge in [0.25, 0.3) is 0 Å². The molecule has 43 heavy (non-hydrogen) atoms. The largest absolute Gasteiger partial charge is 0.405 e. The number of aromatic nitrogens is 1. The lowest BCUT2D eigenvalue weighted by molar-refractivity contribution is 0.793. The molecule has 0 bridgehead atoms. The zero-order valence-electron chi connectivity index (χ0n) is 23.6. The maximum Gasteiger partial charge on any atom is 0.115 e. The van der Waals surface area contributed by atoms with Crippen LogP contribution in [0.15, 0.2) is 157 Å². The van der Waals surface area contributed by atoms with E-state index in [1.54, 1.807) is 6.20 Å². The van der Waals surface area contributed by atoms with Gasteiger partial charge in [0.05, 0.1) is 16.7 Å². The number of aliphatic imine (C=N–C) groups is 1. The fraction of sp³-hybridized carbons (Fsp3) is 0.0250. The van der Waals surface area contributed by atoms with Crippen LogP contribution in [-0.4, -0.2) is 10.3 Å². The van der Waals surface area contributed by atoms with Gasteiger partial charge in [0.2, 0.25) is 0 Å². The number of nitrogens with zero attached hydrogens (tertiary/aromatic N) is 2. The summed E-state index contributed by atoms with van der Waals surface area (Å²) in [5.74, 6) is 0. The molecule has 0 atom stereocenters. The molecule has 7 aromatic carbocycles. The number of allylic oxidation sites excluding steroid dienone is 1. The summed E-state index contributed by atoms with van der Waals surface area (Å²) >= 11 is 0. The first-order valence-electron chi connectivity index (χ1n) is 14.6. The van der Waals surface area contributed by atoms with E-state index in [0.717, 1.165) is 16.8 Å². The fourth-order valence-corrected chi connectivity index (χ4v) is 6.58. The smallest absolute Gasteiger partial charge is 0.115 e. The zero-order valence-corrected chi connectivity index (χ0v) is 23.6. The summed E-state index contributed by atoms with van der Waals surface area (Å²) in [6.45, 7) is 0.493. The van der Waals surface area contributed by atoms with Crippen LogP contribution in [0.2, 0.25) is 0 Å². The molecule has 0 aliphatic carbocycles. The van der Waals surface area contributed by atoms with Crippen molar-refractivity contribution in [1.29, 1.82) is 0 Å². The van der Waals surface area contributed by atoms with E-state index in [4.69, 9.17) is 10.7 Å². The summed E-state index contributed by atoms with van der Waals surface area (Å²) in [6, 6.07) is 49.9. The van der Waals surface area contributed by atoms with Gasteiger partial charge in [-0.2, -0.15) is 0 Å². The molecule has 0 amide bonds. The first-order valence-corrected chi connectivity index (χ1v) is 14.6. The van der Waals surface area contributed by atoms with Crippen molar-refractivity contribution in [2.75, 3.05) is 0 Å². The molecule has 0 unspecified atom stereocenters. The standard InChI is InChI=1S/C40H29N3/c41-23-22-38(42-26-43-39-18-7-5-16-35(39)36-17-6-8-19-40(36)43)29-11-9-10-27(24-29)28-20-21-34-32-14-2-1-12-30(32)31-13-3-4-15-33(31)37(34)25-28/h1-25H,26,41H2. The molecule has 2 N–H and O–H groups in total. The topological polar surface area (TPSA) is 43.3 Å². The van der Waals surface area contributed by atoms with E-state index in [2.05, 4.69) is 144 Å². The van der Waals surface area contributed by atoms with Gasteiger partial charge < -0.3 is 10.3 Å². The number of para-hydroxylation sites is 2. The van der Waals surface area contributed by atoms with E-state index in [1.807, 2.05) is 6.08 Å². The molecule has 0 aliphatic rings. The number of rotatable bonds is 5. The highest BCUT2D eigenvalue weighted by molar-refractivity contribution is 6.25. The summed E-state index contributed by atoms with van der Waals surface area (Å²) in [5.41, 5.74) is 12.5. The predicted octanol–water partition coefficient (Wildman–Crippen LogP) is 9.84. The Morgan fingerprint density at radius 3 is 1.63 bits per heavy atom. The summed E-state index contributed by atoms with van der Waals surface area (Å²) in [4.78, 5) is 5.10. The second kappa shape index (κ2) is 10.3. The molecule has 3 nitrogen and oxygen atoms in total. The Labute approximate surface area is 249 Å². The van der Waals surface area contributed by atoms with Gasteiger partial charge >= 0.3 is 0 Å². The minimum absolute atomic E-state index is 0.493. The number of fused-ring (bicyclic) bond motifs is 9. The first-order chi connectivity index (χ1) is 21.3. The van der Waals surface area contributed by atoms with E-state index < -0.39 is 0 Å². The van der Waals surface area contributed by atoms with Crippen molar-refractivity contribution in [3.63, 3.8) is 0 Å². The monoisotopic (exact) mass is 551 g/mol. The molecule has 1 aromatic heterocycles. The fourth-order valence-electron chi connectivity index (χ4n) is 6.58. The SMILES string of the molecule is NC=CC(=NCn1c2ccccc2c2ccccc21)c1cccc(-c2ccc3c4ccccc4c4ccccc4c3c2)c1. The predicted molar refractivity (Wildman–Crippen MR) is 184 cm³/mol. The van der Waals surface area contributed by atoms with Crippen LogP contribution < -0.4 is 5.73 Å². The maximum atomic E-state index is 5.94. The van der Waals surface area contributed by atoms with E-state index >= 15 is 0 Å². The number of benzene rings is 7. The molecule has 0 radical (unpaired) electrons. The Kier molecular flexibility index (Phi) is 6.01. The molecule has 0 aliphatic heterocycles. The van der Waals surface area contributed by atoms with Crippen LogP contribution in [0.3, 0.4) is 0 Å². The van der Waals surface area contributed by atoms with Crippen LogP contribution in [0.5, 0.6) is 0 Å². The lowest BCUT2D eigenvalue weighted by atomic mass is 9.91. The van der Waals surface area contributed by atoms with Gasteiger partial charge in [-0.15, -0.1) is 0 Å². The van der Waals surface area contributed by atoms with Gasteiger partial charge in [-0.25, -0.2) is 0 Å². The molecule has 0 spiro atoms. The Bertz CT molecular complexity index is 2300. The van der Waals surface area contributed by atoms with Crippen molar-refractivity contribution in [3.05, 3.63) is 157 Å². The van der Waals surface area contributed by atoms with Gasteiger partial charge in [0.1, 0.15) is 6.67 Å². The number of hydrogen-bond donors (Lipinski definition) is 1. The maximum absolute atomic E-state index is 5.94. The van der Waals surface area contributed by atoms with Crippen LogP contribution in [0.4, 0.5) is 0 Å². The third-order valence-electron chi connectivity index (χ3n) is 8.55. The molecule has 3 heteroatoms. The third kappa shape index (κ3) is 4.17. The molecule has 1 heterocycles. The molecule has 0 saturated carbocycles. The number of hydrogen-bond acceptors (Lipinski definition) is 2. The molecular formula is C40H29N3. The van der Waals surface area contributed by atoms with Gasteiger partial charge in [-0.1, -0.05) is 115 Å². The third-order valence-corrected chi connectivity index (χ3v) is 8.55. The van der Waals surface area contributed by atoms with Crippen molar-refractivity contribution < 1.29 is 0 Å². The quantitative estimate of drug-likeness (QED) is 0.168. The molecule has 0 fully saturated rings. The molecule has 204 valence electrons. The van der Waals surface area contributed by atoms with Crippen LogP contribution >= 0.6 is 0 Å². The second-order valence-corrected chi connectivity index (χ2v) is 10.9. The van der Waals surface area contributed by atoms with Crippen LogP contribution in [0.1, 0.15) is 5.56 Å². The van der Waals surface area contributed by atoms with E-state index in [0.29, 0.717) is 6.67 Å². The molecule has 8 aromatic rings. The van der Waals surface area contributed by atoms with Crippen molar-refractivity contribution >= 4 is 59.8 Å². The summed E-state index contributed by atoms with van der Waals surface area (Å²) in [5, 5.41) is 10.1.